The lowest BCUT2D eigenvalue weighted by Crippen LogP contribution is -2.41. The number of amides is 2. The van der Waals surface area contributed by atoms with E-state index in [1.54, 1.807) is 12.1 Å². The molecule has 0 heterocycles. The Morgan fingerprint density at radius 1 is 1.36 bits per heavy atom. The van der Waals surface area contributed by atoms with Crippen LogP contribution in [0.4, 0.5) is 5.69 Å². The van der Waals surface area contributed by atoms with Gasteiger partial charge in [-0.2, -0.15) is 0 Å². The highest BCUT2D eigenvalue weighted by molar-refractivity contribution is 6.31. The van der Waals surface area contributed by atoms with Crippen LogP contribution in [0.25, 0.3) is 0 Å². The topological polar surface area (TPSA) is 58.6 Å². The molecule has 2 amide bonds. The lowest BCUT2D eigenvalue weighted by atomic mass is 10.1. The van der Waals surface area contributed by atoms with Crippen LogP contribution in [0.15, 0.2) is 12.1 Å². The largest absolute Gasteiger partial charge is 0.495 e. The van der Waals surface area contributed by atoms with E-state index in [9.17, 15) is 9.59 Å². The summed E-state index contributed by atoms with van der Waals surface area (Å²) >= 11 is 6.08. The Hall–Kier alpha value is -1.75. The van der Waals surface area contributed by atoms with Gasteiger partial charge >= 0.3 is 0 Å². The van der Waals surface area contributed by atoms with Crippen molar-refractivity contribution in [1.29, 1.82) is 0 Å². The lowest BCUT2D eigenvalue weighted by molar-refractivity contribution is -0.123. The summed E-state index contributed by atoms with van der Waals surface area (Å²) in [6, 6.07) is 3.40. The van der Waals surface area contributed by atoms with Crippen LogP contribution >= 0.6 is 11.6 Å². The minimum absolute atomic E-state index is 0.0561. The Balaban J connectivity index is 3.03. The SMILES string of the molecule is COc1cc(Cl)c(C)cc1N(CC(=O)NCC(C)C)C(C)=O. The van der Waals surface area contributed by atoms with E-state index in [2.05, 4.69) is 5.32 Å². The number of benzene rings is 1. The van der Waals surface area contributed by atoms with Gasteiger partial charge in [0.15, 0.2) is 0 Å². The van der Waals surface area contributed by atoms with E-state index in [0.29, 0.717) is 28.9 Å². The molecule has 1 rings (SSSR count). The average Bonchev–Trinajstić information content (AvgIpc) is 2.44. The molecule has 0 saturated carbocycles. The Labute approximate surface area is 136 Å². The van der Waals surface area contributed by atoms with Crippen LogP contribution in [0.1, 0.15) is 26.3 Å². The number of carbonyl (C=O) groups is 2. The summed E-state index contributed by atoms with van der Waals surface area (Å²) in [5.41, 5.74) is 1.35. The first-order valence-corrected chi connectivity index (χ1v) is 7.53. The van der Waals surface area contributed by atoms with Crippen LogP contribution in [0.2, 0.25) is 5.02 Å². The number of anilines is 1. The van der Waals surface area contributed by atoms with Gasteiger partial charge < -0.3 is 10.1 Å². The number of carbonyl (C=O) groups excluding carboxylic acids is 2. The molecule has 0 bridgehead atoms. The maximum absolute atomic E-state index is 12.0. The zero-order chi connectivity index (χ0) is 16.9. The molecule has 5 nitrogen and oxygen atoms in total. The fourth-order valence-electron chi connectivity index (χ4n) is 1.91. The molecule has 0 fully saturated rings. The lowest BCUT2D eigenvalue weighted by Gasteiger charge is -2.24. The molecule has 6 heteroatoms. The van der Waals surface area contributed by atoms with Crippen LogP contribution in [0.5, 0.6) is 5.75 Å². The fraction of sp³-hybridized carbons (Fsp3) is 0.500. The van der Waals surface area contributed by atoms with Crippen molar-refractivity contribution in [2.75, 3.05) is 25.1 Å². The molecular formula is C16H23ClN2O3. The second kappa shape index (κ2) is 8.03. The zero-order valence-corrected chi connectivity index (χ0v) is 14.5. The smallest absolute Gasteiger partial charge is 0.240 e. The summed E-state index contributed by atoms with van der Waals surface area (Å²) in [5, 5.41) is 3.35. The van der Waals surface area contributed by atoms with Gasteiger partial charge in [-0.25, -0.2) is 0 Å². The number of halogens is 1. The summed E-state index contributed by atoms with van der Waals surface area (Å²) in [6.07, 6.45) is 0. The Bertz CT molecular complexity index is 559. The minimum atomic E-state index is -0.236. The average molecular weight is 327 g/mol. The van der Waals surface area contributed by atoms with Crippen molar-refractivity contribution in [1.82, 2.24) is 5.32 Å². The molecule has 0 aliphatic heterocycles. The van der Waals surface area contributed by atoms with Gasteiger partial charge in [-0.1, -0.05) is 25.4 Å². The van der Waals surface area contributed by atoms with Crippen molar-refractivity contribution in [2.45, 2.75) is 27.7 Å². The van der Waals surface area contributed by atoms with Crippen LogP contribution in [0.3, 0.4) is 0 Å². The number of nitrogens with one attached hydrogen (secondary N) is 1. The summed E-state index contributed by atoms with van der Waals surface area (Å²) in [6.45, 7) is 7.78. The molecule has 22 heavy (non-hydrogen) atoms. The number of rotatable bonds is 6. The Kier molecular flexibility index (Phi) is 6.68. The first-order chi connectivity index (χ1) is 10.3. The molecule has 122 valence electrons. The summed E-state index contributed by atoms with van der Waals surface area (Å²) in [4.78, 5) is 25.3. The maximum Gasteiger partial charge on any atom is 0.240 e. The molecular weight excluding hydrogens is 304 g/mol. The quantitative estimate of drug-likeness (QED) is 0.874. The fourth-order valence-corrected chi connectivity index (χ4v) is 2.06. The van der Waals surface area contributed by atoms with Crippen molar-refractivity contribution in [3.05, 3.63) is 22.7 Å². The molecule has 0 atom stereocenters. The van der Waals surface area contributed by atoms with E-state index in [4.69, 9.17) is 16.3 Å². The molecule has 0 radical (unpaired) electrons. The van der Waals surface area contributed by atoms with Crippen LogP contribution in [-0.2, 0) is 9.59 Å². The number of nitrogens with zero attached hydrogens (tertiary/aromatic N) is 1. The predicted molar refractivity (Wildman–Crippen MR) is 88.6 cm³/mol. The standard InChI is InChI=1S/C16H23ClN2O3/c1-10(2)8-18-16(21)9-19(12(4)20)14-6-11(3)13(17)7-15(14)22-5/h6-7,10H,8-9H2,1-5H3,(H,18,21). The van der Waals surface area contributed by atoms with E-state index >= 15 is 0 Å². The van der Waals surface area contributed by atoms with E-state index < -0.39 is 0 Å². The third kappa shape index (κ3) is 4.91. The van der Waals surface area contributed by atoms with Gasteiger partial charge in [-0.15, -0.1) is 0 Å². The highest BCUT2D eigenvalue weighted by atomic mass is 35.5. The highest BCUT2D eigenvalue weighted by Gasteiger charge is 2.20. The summed E-state index contributed by atoms with van der Waals surface area (Å²) in [7, 11) is 1.50. The molecule has 0 aliphatic carbocycles. The third-order valence-corrected chi connectivity index (χ3v) is 3.55. The van der Waals surface area contributed by atoms with E-state index in [1.165, 1.54) is 18.9 Å². The predicted octanol–water partition coefficient (Wildman–Crippen LogP) is 2.78. The first-order valence-electron chi connectivity index (χ1n) is 7.15. The number of methoxy groups -OCH3 is 1. The number of hydrogen-bond donors (Lipinski definition) is 1. The molecule has 0 unspecified atom stereocenters. The maximum atomic E-state index is 12.0. The zero-order valence-electron chi connectivity index (χ0n) is 13.7. The Morgan fingerprint density at radius 3 is 2.50 bits per heavy atom. The molecule has 1 aromatic rings. The van der Waals surface area contributed by atoms with Crippen molar-refractivity contribution in [3.8, 4) is 5.75 Å². The van der Waals surface area contributed by atoms with Crippen LogP contribution in [0, 0.1) is 12.8 Å². The first kappa shape index (κ1) is 18.3. The van der Waals surface area contributed by atoms with Gasteiger partial charge in [0.25, 0.3) is 0 Å². The Morgan fingerprint density at radius 2 is 2.00 bits per heavy atom. The van der Waals surface area contributed by atoms with E-state index in [0.717, 1.165) is 5.56 Å². The number of aryl methyl sites for hydroxylation is 1. The van der Waals surface area contributed by atoms with Crippen molar-refractivity contribution >= 4 is 29.1 Å². The molecule has 0 aromatic heterocycles. The van der Waals surface area contributed by atoms with Gasteiger partial charge in [-0.05, 0) is 24.5 Å². The van der Waals surface area contributed by atoms with Gasteiger partial charge in [0.1, 0.15) is 12.3 Å². The van der Waals surface area contributed by atoms with Gasteiger partial charge in [0.05, 0.1) is 12.8 Å². The van der Waals surface area contributed by atoms with E-state index in [-0.39, 0.29) is 18.4 Å². The van der Waals surface area contributed by atoms with Crippen LogP contribution in [-0.4, -0.2) is 32.0 Å². The number of ether oxygens (including phenoxy) is 1. The van der Waals surface area contributed by atoms with Gasteiger partial charge in [-0.3, -0.25) is 14.5 Å². The normalized spacial score (nSPS) is 10.5. The number of hydrogen-bond acceptors (Lipinski definition) is 3. The summed E-state index contributed by atoms with van der Waals surface area (Å²) in [5.74, 6) is 0.364. The summed E-state index contributed by atoms with van der Waals surface area (Å²) < 4.78 is 5.28. The second-order valence-corrected chi connectivity index (χ2v) is 5.98. The second-order valence-electron chi connectivity index (χ2n) is 5.58. The van der Waals surface area contributed by atoms with Gasteiger partial charge in [0.2, 0.25) is 11.8 Å². The van der Waals surface area contributed by atoms with Crippen molar-refractivity contribution in [3.63, 3.8) is 0 Å². The monoisotopic (exact) mass is 326 g/mol. The molecule has 0 saturated heterocycles. The molecule has 1 N–H and O–H groups in total. The molecule has 0 spiro atoms. The van der Waals surface area contributed by atoms with Gasteiger partial charge in [0, 0.05) is 24.6 Å². The van der Waals surface area contributed by atoms with Crippen molar-refractivity contribution in [2.24, 2.45) is 5.92 Å². The van der Waals surface area contributed by atoms with E-state index in [1.807, 2.05) is 20.8 Å². The van der Waals surface area contributed by atoms with Crippen LogP contribution < -0.4 is 15.0 Å². The highest BCUT2D eigenvalue weighted by Crippen LogP contribution is 2.33. The molecule has 0 aliphatic rings. The molecule has 1 aromatic carbocycles. The minimum Gasteiger partial charge on any atom is -0.495 e. The van der Waals surface area contributed by atoms with Crippen molar-refractivity contribution < 1.29 is 14.3 Å². The third-order valence-electron chi connectivity index (χ3n) is 3.14.